The summed E-state index contributed by atoms with van der Waals surface area (Å²) in [6.45, 7) is 0. The lowest BCUT2D eigenvalue weighted by Crippen LogP contribution is -1.93. The van der Waals surface area contributed by atoms with Crippen molar-refractivity contribution in [3.8, 4) is 0 Å². The number of halogens is 2. The molecular formula is C11H6BrClN2O2S. The van der Waals surface area contributed by atoms with Gasteiger partial charge in [0.1, 0.15) is 5.15 Å². The third kappa shape index (κ3) is 3.22. The Morgan fingerprint density at radius 1 is 1.33 bits per heavy atom. The number of nitro groups is 1. The molecule has 0 fully saturated rings. The third-order valence-electron chi connectivity index (χ3n) is 2.01. The fraction of sp³-hybridized carbons (Fsp3) is 0. The zero-order chi connectivity index (χ0) is 13.1. The van der Waals surface area contributed by atoms with Gasteiger partial charge in [-0.05, 0) is 24.3 Å². The van der Waals surface area contributed by atoms with Crippen LogP contribution in [0.25, 0.3) is 0 Å². The number of nitrogens with zero attached hydrogens (tertiary/aromatic N) is 2. The first kappa shape index (κ1) is 13.3. The molecule has 92 valence electrons. The van der Waals surface area contributed by atoms with E-state index in [0.29, 0.717) is 0 Å². The highest BCUT2D eigenvalue weighted by molar-refractivity contribution is 9.10. The number of aromatic nitrogens is 1. The van der Waals surface area contributed by atoms with E-state index in [1.54, 1.807) is 0 Å². The van der Waals surface area contributed by atoms with Crippen LogP contribution in [0, 0.1) is 10.1 Å². The smallest absolute Gasteiger partial charge is 0.258 e. The topological polar surface area (TPSA) is 56.0 Å². The zero-order valence-corrected chi connectivity index (χ0v) is 12.0. The van der Waals surface area contributed by atoms with Crippen LogP contribution in [0.15, 0.2) is 50.8 Å². The van der Waals surface area contributed by atoms with E-state index in [4.69, 9.17) is 11.6 Å². The third-order valence-corrected chi connectivity index (χ3v) is 3.70. The van der Waals surface area contributed by atoms with Gasteiger partial charge in [-0.25, -0.2) is 4.98 Å². The molecule has 0 saturated heterocycles. The Morgan fingerprint density at radius 3 is 2.78 bits per heavy atom. The van der Waals surface area contributed by atoms with E-state index < -0.39 is 4.92 Å². The molecule has 0 unspecified atom stereocenters. The highest BCUT2D eigenvalue weighted by Gasteiger charge is 2.16. The van der Waals surface area contributed by atoms with Gasteiger partial charge in [0.15, 0.2) is 5.03 Å². The normalized spacial score (nSPS) is 10.3. The van der Waals surface area contributed by atoms with Gasteiger partial charge in [-0.3, -0.25) is 10.1 Å². The molecule has 4 nitrogen and oxygen atoms in total. The van der Waals surface area contributed by atoms with Crippen molar-refractivity contribution in [3.63, 3.8) is 0 Å². The first-order valence-electron chi connectivity index (χ1n) is 4.80. The average Bonchev–Trinajstić information content (AvgIpc) is 2.28. The van der Waals surface area contributed by atoms with Gasteiger partial charge in [-0.1, -0.05) is 45.4 Å². The van der Waals surface area contributed by atoms with Gasteiger partial charge < -0.3 is 0 Å². The van der Waals surface area contributed by atoms with Crippen molar-refractivity contribution in [3.05, 3.63) is 56.1 Å². The fourth-order valence-electron chi connectivity index (χ4n) is 1.27. The maximum atomic E-state index is 10.9. The highest BCUT2D eigenvalue weighted by Crippen LogP contribution is 2.34. The van der Waals surface area contributed by atoms with Crippen molar-refractivity contribution in [2.75, 3.05) is 0 Å². The molecule has 1 aromatic carbocycles. The summed E-state index contributed by atoms with van der Waals surface area (Å²) < 4.78 is 0.900. The molecule has 2 rings (SSSR count). The lowest BCUT2D eigenvalue weighted by Gasteiger charge is -2.03. The standard InChI is InChI=1S/C11H6BrClN2O2S/c12-7-2-1-3-8(6-7)18-11-9(15(16)17)4-5-10(13)14-11/h1-6H. The summed E-state index contributed by atoms with van der Waals surface area (Å²) in [7, 11) is 0. The first-order chi connectivity index (χ1) is 8.56. The molecule has 0 aliphatic heterocycles. The zero-order valence-electron chi connectivity index (χ0n) is 8.84. The summed E-state index contributed by atoms with van der Waals surface area (Å²) in [5.41, 5.74) is -0.0515. The molecule has 0 aliphatic carbocycles. The minimum absolute atomic E-state index is 0.0515. The fourth-order valence-corrected chi connectivity index (χ4v) is 2.96. The van der Waals surface area contributed by atoms with E-state index in [2.05, 4.69) is 20.9 Å². The van der Waals surface area contributed by atoms with Crippen molar-refractivity contribution in [1.29, 1.82) is 0 Å². The number of pyridine rings is 1. The van der Waals surface area contributed by atoms with Gasteiger partial charge in [-0.2, -0.15) is 0 Å². The summed E-state index contributed by atoms with van der Waals surface area (Å²) in [6.07, 6.45) is 0. The first-order valence-corrected chi connectivity index (χ1v) is 6.79. The van der Waals surface area contributed by atoms with Crippen molar-refractivity contribution in [2.24, 2.45) is 0 Å². The van der Waals surface area contributed by atoms with Gasteiger partial charge in [0.2, 0.25) is 0 Å². The molecule has 0 amide bonds. The molecular weight excluding hydrogens is 340 g/mol. The monoisotopic (exact) mass is 344 g/mol. The summed E-state index contributed by atoms with van der Waals surface area (Å²) in [6, 6.07) is 10.2. The molecule has 18 heavy (non-hydrogen) atoms. The van der Waals surface area contributed by atoms with E-state index in [0.717, 1.165) is 9.37 Å². The van der Waals surface area contributed by atoms with Crippen molar-refractivity contribution < 1.29 is 4.92 Å². The molecule has 0 atom stereocenters. The van der Waals surface area contributed by atoms with Crippen molar-refractivity contribution in [2.45, 2.75) is 9.92 Å². The van der Waals surface area contributed by atoms with E-state index in [1.165, 1.54) is 23.9 Å². The van der Waals surface area contributed by atoms with Crippen LogP contribution >= 0.6 is 39.3 Å². The molecule has 0 radical (unpaired) electrons. The van der Waals surface area contributed by atoms with Crippen LogP contribution in [-0.4, -0.2) is 9.91 Å². The molecule has 0 saturated carbocycles. The van der Waals surface area contributed by atoms with Crippen LogP contribution < -0.4 is 0 Å². The molecule has 0 aliphatic rings. The molecule has 0 bridgehead atoms. The number of hydrogen-bond acceptors (Lipinski definition) is 4. The van der Waals surface area contributed by atoms with E-state index in [1.807, 2.05) is 24.3 Å². The summed E-state index contributed by atoms with van der Waals surface area (Å²) >= 11 is 10.3. The Morgan fingerprint density at radius 2 is 2.11 bits per heavy atom. The number of hydrogen-bond donors (Lipinski definition) is 0. The summed E-state index contributed by atoms with van der Waals surface area (Å²) in [5, 5.41) is 11.4. The van der Waals surface area contributed by atoms with Crippen LogP contribution in [0.3, 0.4) is 0 Å². The van der Waals surface area contributed by atoms with E-state index in [9.17, 15) is 10.1 Å². The van der Waals surface area contributed by atoms with Crippen LogP contribution in [-0.2, 0) is 0 Å². The molecule has 7 heteroatoms. The van der Waals surface area contributed by atoms with Crippen molar-refractivity contribution >= 4 is 45.0 Å². The summed E-state index contributed by atoms with van der Waals surface area (Å²) in [4.78, 5) is 15.3. The SMILES string of the molecule is O=[N+]([O-])c1ccc(Cl)nc1Sc1cccc(Br)c1. The van der Waals surface area contributed by atoms with Gasteiger partial charge in [-0.15, -0.1) is 0 Å². The Balaban J connectivity index is 2.39. The van der Waals surface area contributed by atoms with Crippen LogP contribution in [0.2, 0.25) is 5.15 Å². The minimum Gasteiger partial charge on any atom is -0.258 e. The van der Waals surface area contributed by atoms with Crippen LogP contribution in [0.1, 0.15) is 0 Å². The summed E-state index contributed by atoms with van der Waals surface area (Å²) in [5.74, 6) is 0. The second-order valence-electron chi connectivity index (χ2n) is 3.27. The Kier molecular flexibility index (Phi) is 4.21. The molecule has 1 aromatic heterocycles. The molecule has 1 heterocycles. The van der Waals surface area contributed by atoms with Crippen LogP contribution in [0.5, 0.6) is 0 Å². The Labute approximate surface area is 121 Å². The van der Waals surface area contributed by atoms with Gasteiger partial charge in [0.25, 0.3) is 0 Å². The van der Waals surface area contributed by atoms with Gasteiger partial charge in [0.05, 0.1) is 4.92 Å². The highest BCUT2D eigenvalue weighted by atomic mass is 79.9. The van der Waals surface area contributed by atoms with Gasteiger partial charge in [0, 0.05) is 15.4 Å². The number of rotatable bonds is 3. The Bertz CT molecular complexity index is 609. The molecule has 0 N–H and O–H groups in total. The average molecular weight is 346 g/mol. The van der Waals surface area contributed by atoms with Crippen molar-refractivity contribution in [1.82, 2.24) is 4.98 Å². The predicted molar refractivity (Wildman–Crippen MR) is 74.2 cm³/mol. The lowest BCUT2D eigenvalue weighted by atomic mass is 10.4. The van der Waals surface area contributed by atoms with Gasteiger partial charge >= 0.3 is 5.69 Å². The van der Waals surface area contributed by atoms with E-state index >= 15 is 0 Å². The van der Waals surface area contributed by atoms with Crippen LogP contribution in [0.4, 0.5) is 5.69 Å². The Hall–Kier alpha value is -1.11. The second-order valence-corrected chi connectivity index (χ2v) is 5.64. The molecule has 2 aromatic rings. The minimum atomic E-state index is -0.469. The maximum absolute atomic E-state index is 10.9. The predicted octanol–water partition coefficient (Wildman–Crippen LogP) is 4.56. The largest absolute Gasteiger partial charge is 0.301 e. The van der Waals surface area contributed by atoms with E-state index in [-0.39, 0.29) is 15.9 Å². The maximum Gasteiger partial charge on any atom is 0.301 e. The number of benzene rings is 1. The molecule has 0 spiro atoms. The second kappa shape index (κ2) is 5.69. The quantitative estimate of drug-likeness (QED) is 0.465. The lowest BCUT2D eigenvalue weighted by molar-refractivity contribution is -0.388.